The number of carbonyl (C=O) groups is 1. The maximum atomic E-state index is 12.3. The third-order valence-corrected chi connectivity index (χ3v) is 4.77. The molecule has 2 aromatic carbocycles. The Morgan fingerprint density at radius 2 is 1.93 bits per heavy atom. The molecule has 1 N–H and O–H groups in total. The highest BCUT2D eigenvalue weighted by atomic mass is 32.2. The van der Waals surface area contributed by atoms with E-state index in [1.165, 1.54) is 11.8 Å². The lowest BCUT2D eigenvalue weighted by molar-refractivity contribution is -0.113. The van der Waals surface area contributed by atoms with Gasteiger partial charge in [-0.15, -0.1) is 5.10 Å². The maximum absolute atomic E-state index is 12.3. The number of carbonyl (C=O) groups excluding carboxylic acids is 1. The maximum Gasteiger partial charge on any atom is 0.234 e. The predicted octanol–water partition coefficient (Wildman–Crippen LogP) is 3.84. The summed E-state index contributed by atoms with van der Waals surface area (Å²) in [5.74, 6) is 2.11. The summed E-state index contributed by atoms with van der Waals surface area (Å²) in [5, 5.41) is 15.0. The predicted molar refractivity (Wildman–Crippen MR) is 108 cm³/mol. The van der Waals surface area contributed by atoms with E-state index in [2.05, 4.69) is 20.8 Å². The van der Waals surface area contributed by atoms with Gasteiger partial charge in [0.25, 0.3) is 0 Å². The van der Waals surface area contributed by atoms with Crippen LogP contribution in [-0.2, 0) is 11.3 Å². The van der Waals surface area contributed by atoms with Crippen LogP contribution in [0.5, 0.6) is 11.5 Å². The van der Waals surface area contributed by atoms with Gasteiger partial charge >= 0.3 is 0 Å². The number of nitrogens with zero attached hydrogens (tertiary/aromatic N) is 4. The zero-order valence-corrected chi connectivity index (χ0v) is 16.1. The fraction of sp³-hybridized carbons (Fsp3) is 0.100. The topological polar surface area (TPSA) is 95.1 Å². The highest BCUT2D eigenvalue weighted by Gasteiger charge is 2.12. The van der Waals surface area contributed by atoms with Crippen LogP contribution >= 0.6 is 11.8 Å². The highest BCUT2D eigenvalue weighted by molar-refractivity contribution is 7.99. The number of hydrogen-bond donors (Lipinski definition) is 1. The number of thioether (sulfide) groups is 1. The summed E-state index contributed by atoms with van der Waals surface area (Å²) in [7, 11) is 0. The molecule has 4 rings (SSSR count). The van der Waals surface area contributed by atoms with E-state index in [-0.39, 0.29) is 11.7 Å². The number of aromatic nitrogens is 4. The molecule has 0 unspecified atom stereocenters. The number of benzene rings is 2. The molecule has 0 saturated heterocycles. The van der Waals surface area contributed by atoms with Crippen LogP contribution in [-0.4, -0.2) is 31.9 Å². The van der Waals surface area contributed by atoms with Gasteiger partial charge in [0, 0.05) is 11.8 Å². The van der Waals surface area contributed by atoms with Gasteiger partial charge in [-0.25, -0.2) is 4.68 Å². The quantitative estimate of drug-likeness (QED) is 0.443. The molecule has 29 heavy (non-hydrogen) atoms. The lowest BCUT2D eigenvalue weighted by Crippen LogP contribution is -2.14. The molecular weight excluding hydrogens is 390 g/mol. The number of para-hydroxylation sites is 1. The van der Waals surface area contributed by atoms with Crippen LogP contribution in [0, 0.1) is 0 Å². The fourth-order valence-corrected chi connectivity index (χ4v) is 3.22. The summed E-state index contributed by atoms with van der Waals surface area (Å²) in [6.45, 7) is 0.406. The van der Waals surface area contributed by atoms with Crippen molar-refractivity contribution in [2.45, 2.75) is 11.7 Å². The number of anilines is 1. The molecular formula is C20H17N5O3S. The van der Waals surface area contributed by atoms with Gasteiger partial charge in [0.2, 0.25) is 11.1 Å². The van der Waals surface area contributed by atoms with Crippen molar-refractivity contribution < 1.29 is 13.9 Å². The van der Waals surface area contributed by atoms with Crippen molar-refractivity contribution in [3.8, 4) is 11.5 Å². The Balaban J connectivity index is 1.32. The number of rotatable bonds is 8. The van der Waals surface area contributed by atoms with Crippen molar-refractivity contribution in [3.05, 3.63) is 78.8 Å². The molecule has 1 amide bonds. The molecule has 8 nitrogen and oxygen atoms in total. The van der Waals surface area contributed by atoms with E-state index in [1.54, 1.807) is 29.1 Å². The minimum Gasteiger partial charge on any atom is -0.467 e. The van der Waals surface area contributed by atoms with Gasteiger partial charge in [0.15, 0.2) is 0 Å². The summed E-state index contributed by atoms with van der Waals surface area (Å²) in [6, 6.07) is 20.3. The van der Waals surface area contributed by atoms with Gasteiger partial charge in [-0.05, 0) is 46.8 Å². The SMILES string of the molecule is O=C(CSc1nnnn1Cc1ccco1)Nc1cccc(Oc2ccccc2)c1. The molecule has 0 fully saturated rings. The third kappa shape index (κ3) is 5.23. The first-order chi connectivity index (χ1) is 14.3. The molecule has 2 aromatic heterocycles. The van der Waals surface area contributed by atoms with E-state index in [1.807, 2.05) is 48.5 Å². The number of amides is 1. The Hall–Kier alpha value is -3.59. The van der Waals surface area contributed by atoms with Crippen LogP contribution in [0.1, 0.15) is 5.76 Å². The zero-order valence-electron chi connectivity index (χ0n) is 15.3. The van der Waals surface area contributed by atoms with Crippen LogP contribution in [0.3, 0.4) is 0 Å². The molecule has 0 radical (unpaired) electrons. The molecule has 0 bridgehead atoms. The number of hydrogen-bond acceptors (Lipinski definition) is 7. The van der Waals surface area contributed by atoms with E-state index in [4.69, 9.17) is 9.15 Å². The zero-order chi connectivity index (χ0) is 19.9. The Morgan fingerprint density at radius 1 is 1.07 bits per heavy atom. The first-order valence-corrected chi connectivity index (χ1v) is 9.79. The summed E-state index contributed by atoms with van der Waals surface area (Å²) in [5.41, 5.74) is 0.652. The summed E-state index contributed by atoms with van der Waals surface area (Å²) < 4.78 is 12.7. The van der Waals surface area contributed by atoms with Crippen molar-refractivity contribution in [1.82, 2.24) is 20.2 Å². The normalized spacial score (nSPS) is 10.6. The van der Waals surface area contributed by atoms with Gasteiger partial charge < -0.3 is 14.5 Å². The van der Waals surface area contributed by atoms with E-state index < -0.39 is 0 Å². The molecule has 0 aliphatic rings. The Morgan fingerprint density at radius 3 is 2.76 bits per heavy atom. The molecule has 4 aromatic rings. The second-order valence-electron chi connectivity index (χ2n) is 5.98. The van der Waals surface area contributed by atoms with Gasteiger partial charge in [-0.1, -0.05) is 36.0 Å². The Bertz CT molecular complexity index is 1070. The molecule has 0 aliphatic carbocycles. The molecule has 0 spiro atoms. The van der Waals surface area contributed by atoms with Crippen LogP contribution in [0.25, 0.3) is 0 Å². The number of ether oxygens (including phenoxy) is 1. The smallest absolute Gasteiger partial charge is 0.234 e. The number of nitrogens with one attached hydrogen (secondary N) is 1. The third-order valence-electron chi connectivity index (χ3n) is 3.81. The molecule has 0 atom stereocenters. The van der Waals surface area contributed by atoms with Crippen molar-refractivity contribution in [2.75, 3.05) is 11.1 Å². The average molecular weight is 407 g/mol. The lowest BCUT2D eigenvalue weighted by atomic mass is 10.3. The largest absolute Gasteiger partial charge is 0.467 e. The summed E-state index contributed by atoms with van der Waals surface area (Å²) >= 11 is 1.25. The summed E-state index contributed by atoms with van der Waals surface area (Å²) in [4.78, 5) is 12.3. The summed E-state index contributed by atoms with van der Waals surface area (Å²) in [6.07, 6.45) is 1.59. The minimum absolute atomic E-state index is 0.167. The van der Waals surface area contributed by atoms with Crippen molar-refractivity contribution in [2.24, 2.45) is 0 Å². The number of furan rings is 1. The van der Waals surface area contributed by atoms with E-state index in [0.717, 1.165) is 11.5 Å². The minimum atomic E-state index is -0.167. The van der Waals surface area contributed by atoms with E-state index in [9.17, 15) is 4.79 Å². The number of tetrazole rings is 1. The van der Waals surface area contributed by atoms with Gasteiger partial charge in [0.1, 0.15) is 23.8 Å². The van der Waals surface area contributed by atoms with Gasteiger partial charge in [-0.2, -0.15) is 0 Å². The van der Waals surface area contributed by atoms with Crippen LogP contribution in [0.2, 0.25) is 0 Å². The fourth-order valence-electron chi connectivity index (χ4n) is 2.54. The van der Waals surface area contributed by atoms with Gasteiger partial charge in [-0.3, -0.25) is 4.79 Å². The monoisotopic (exact) mass is 407 g/mol. The van der Waals surface area contributed by atoms with Crippen molar-refractivity contribution in [3.63, 3.8) is 0 Å². The van der Waals surface area contributed by atoms with Crippen LogP contribution < -0.4 is 10.1 Å². The van der Waals surface area contributed by atoms with Crippen molar-refractivity contribution in [1.29, 1.82) is 0 Å². The molecule has 0 aliphatic heterocycles. The van der Waals surface area contributed by atoms with Crippen molar-refractivity contribution >= 4 is 23.4 Å². The van der Waals surface area contributed by atoms with E-state index in [0.29, 0.717) is 23.1 Å². The van der Waals surface area contributed by atoms with Crippen LogP contribution in [0.15, 0.2) is 82.6 Å². The first kappa shape index (κ1) is 18.8. The molecule has 2 heterocycles. The highest BCUT2D eigenvalue weighted by Crippen LogP contribution is 2.24. The second kappa shape index (κ2) is 9.07. The first-order valence-electron chi connectivity index (χ1n) is 8.80. The van der Waals surface area contributed by atoms with Gasteiger partial charge in [0.05, 0.1) is 12.0 Å². The Labute approximate surface area is 170 Å². The van der Waals surface area contributed by atoms with Crippen LogP contribution in [0.4, 0.5) is 5.69 Å². The molecule has 9 heteroatoms. The second-order valence-corrected chi connectivity index (χ2v) is 6.92. The lowest BCUT2D eigenvalue weighted by Gasteiger charge is -2.09. The average Bonchev–Trinajstić information content (AvgIpc) is 3.40. The standard InChI is InChI=1S/C20H17N5O3S/c26-19(14-29-20-22-23-24-25(20)13-18-10-5-11-27-18)21-15-6-4-9-17(12-15)28-16-7-2-1-3-8-16/h1-12H,13-14H2,(H,21,26). The Kier molecular flexibility index (Phi) is 5.87. The van der Waals surface area contributed by atoms with E-state index >= 15 is 0 Å². The molecule has 0 saturated carbocycles. The molecule has 146 valence electrons.